The fourth-order valence-corrected chi connectivity index (χ4v) is 2.89. The standard InChI is InChI=1S/C21H17N3O4/c25-20(22-11-14-8-9-18-19(10-14)28-13-27-18)21(26)24-23-12-16-6-3-5-15-4-1-2-7-17(15)16/h1-10,12H,11,13H2,(H,22,25)(H,24,26)/b23-12+. The quantitative estimate of drug-likeness (QED) is 0.416. The molecule has 0 aromatic heterocycles. The van der Waals surface area contributed by atoms with Crippen LogP contribution in [0.3, 0.4) is 0 Å². The number of nitrogens with one attached hydrogen (secondary N) is 2. The van der Waals surface area contributed by atoms with E-state index < -0.39 is 11.8 Å². The molecule has 0 aliphatic carbocycles. The molecule has 0 saturated heterocycles. The van der Waals surface area contributed by atoms with Gasteiger partial charge in [0.05, 0.1) is 6.21 Å². The van der Waals surface area contributed by atoms with Gasteiger partial charge in [0.1, 0.15) is 0 Å². The monoisotopic (exact) mass is 375 g/mol. The molecule has 2 N–H and O–H groups in total. The van der Waals surface area contributed by atoms with Crippen LogP contribution in [0.5, 0.6) is 11.5 Å². The number of amides is 2. The molecule has 0 unspecified atom stereocenters. The molecule has 4 rings (SSSR count). The summed E-state index contributed by atoms with van der Waals surface area (Å²) in [6.07, 6.45) is 1.52. The minimum atomic E-state index is -0.836. The van der Waals surface area contributed by atoms with E-state index in [1.54, 1.807) is 18.2 Å². The van der Waals surface area contributed by atoms with Crippen molar-refractivity contribution in [3.8, 4) is 11.5 Å². The van der Waals surface area contributed by atoms with Gasteiger partial charge in [-0.05, 0) is 28.5 Å². The van der Waals surface area contributed by atoms with Gasteiger partial charge >= 0.3 is 11.8 Å². The normalized spacial score (nSPS) is 12.3. The zero-order chi connectivity index (χ0) is 19.3. The molecule has 0 atom stereocenters. The van der Waals surface area contributed by atoms with Crippen molar-refractivity contribution in [2.75, 3.05) is 6.79 Å². The van der Waals surface area contributed by atoms with Crippen molar-refractivity contribution < 1.29 is 19.1 Å². The largest absolute Gasteiger partial charge is 0.454 e. The average molecular weight is 375 g/mol. The van der Waals surface area contributed by atoms with E-state index in [1.165, 1.54) is 6.21 Å². The molecule has 0 bridgehead atoms. The van der Waals surface area contributed by atoms with Gasteiger partial charge in [0.2, 0.25) is 6.79 Å². The van der Waals surface area contributed by atoms with Crippen LogP contribution in [-0.4, -0.2) is 24.8 Å². The summed E-state index contributed by atoms with van der Waals surface area (Å²) in [6.45, 7) is 0.373. The van der Waals surface area contributed by atoms with Crippen LogP contribution < -0.4 is 20.2 Å². The van der Waals surface area contributed by atoms with Gasteiger partial charge in [0, 0.05) is 12.1 Å². The first kappa shape index (κ1) is 17.5. The Morgan fingerprint density at radius 3 is 2.71 bits per heavy atom. The number of hydrazone groups is 1. The van der Waals surface area contributed by atoms with Crippen molar-refractivity contribution in [1.82, 2.24) is 10.7 Å². The number of fused-ring (bicyclic) bond motifs is 2. The molecular weight excluding hydrogens is 358 g/mol. The Bertz CT molecular complexity index is 1070. The Hall–Kier alpha value is -3.87. The lowest BCUT2D eigenvalue weighted by Gasteiger charge is -2.05. The van der Waals surface area contributed by atoms with Crippen molar-refractivity contribution in [3.63, 3.8) is 0 Å². The minimum Gasteiger partial charge on any atom is -0.454 e. The highest BCUT2D eigenvalue weighted by molar-refractivity contribution is 6.35. The second kappa shape index (κ2) is 7.79. The summed E-state index contributed by atoms with van der Waals surface area (Å²) >= 11 is 0. The summed E-state index contributed by atoms with van der Waals surface area (Å²) in [7, 11) is 0. The highest BCUT2D eigenvalue weighted by Gasteiger charge is 2.15. The molecule has 0 saturated carbocycles. The molecule has 0 spiro atoms. The van der Waals surface area contributed by atoms with E-state index in [0.29, 0.717) is 11.5 Å². The number of carbonyl (C=O) groups is 2. The van der Waals surface area contributed by atoms with Crippen LogP contribution in [0.25, 0.3) is 10.8 Å². The molecule has 1 aliphatic rings. The highest BCUT2D eigenvalue weighted by atomic mass is 16.7. The lowest BCUT2D eigenvalue weighted by molar-refractivity contribution is -0.139. The predicted molar refractivity (Wildman–Crippen MR) is 104 cm³/mol. The van der Waals surface area contributed by atoms with E-state index in [9.17, 15) is 9.59 Å². The molecule has 3 aromatic rings. The van der Waals surface area contributed by atoms with Crippen LogP contribution >= 0.6 is 0 Å². The van der Waals surface area contributed by atoms with Gasteiger partial charge in [-0.15, -0.1) is 0 Å². The summed E-state index contributed by atoms with van der Waals surface area (Å²) in [5.41, 5.74) is 3.89. The number of nitrogens with zero attached hydrogens (tertiary/aromatic N) is 1. The van der Waals surface area contributed by atoms with E-state index in [-0.39, 0.29) is 13.3 Å². The molecule has 0 radical (unpaired) electrons. The van der Waals surface area contributed by atoms with Crippen LogP contribution in [0.1, 0.15) is 11.1 Å². The van der Waals surface area contributed by atoms with E-state index in [4.69, 9.17) is 9.47 Å². The Balaban J connectivity index is 1.33. The van der Waals surface area contributed by atoms with Gasteiger partial charge in [-0.25, -0.2) is 5.43 Å². The molecule has 1 aliphatic heterocycles. The first-order valence-electron chi connectivity index (χ1n) is 8.68. The summed E-state index contributed by atoms with van der Waals surface area (Å²) in [5.74, 6) is -0.323. The maximum absolute atomic E-state index is 12.0. The SMILES string of the molecule is O=C(NCc1ccc2c(c1)OCO2)C(=O)N/N=C/c1cccc2ccccc12. The third-order valence-corrected chi connectivity index (χ3v) is 4.29. The number of hydrogen-bond donors (Lipinski definition) is 2. The zero-order valence-electron chi connectivity index (χ0n) is 14.8. The third-order valence-electron chi connectivity index (χ3n) is 4.29. The van der Waals surface area contributed by atoms with Gasteiger partial charge in [-0.1, -0.05) is 48.5 Å². The van der Waals surface area contributed by atoms with Crippen LogP contribution in [0, 0.1) is 0 Å². The maximum atomic E-state index is 12.0. The maximum Gasteiger partial charge on any atom is 0.329 e. The molecule has 7 nitrogen and oxygen atoms in total. The number of benzene rings is 3. The Kier molecular flexibility index (Phi) is 4.88. The molecular formula is C21H17N3O4. The minimum absolute atomic E-state index is 0.183. The average Bonchev–Trinajstić information content (AvgIpc) is 3.20. The fraction of sp³-hybridized carbons (Fsp3) is 0.0952. The zero-order valence-corrected chi connectivity index (χ0v) is 14.8. The molecule has 1 heterocycles. The first-order valence-corrected chi connectivity index (χ1v) is 8.68. The van der Waals surface area contributed by atoms with Gasteiger partial charge in [0.25, 0.3) is 0 Å². The number of carbonyl (C=O) groups excluding carboxylic acids is 2. The molecule has 2 amide bonds. The van der Waals surface area contributed by atoms with E-state index in [1.807, 2.05) is 42.5 Å². The first-order chi connectivity index (χ1) is 13.7. The van der Waals surface area contributed by atoms with Crippen LogP contribution in [0.2, 0.25) is 0 Å². The van der Waals surface area contributed by atoms with Crippen LogP contribution in [0.15, 0.2) is 65.8 Å². The predicted octanol–water partition coefficient (Wildman–Crippen LogP) is 2.33. The van der Waals surface area contributed by atoms with Crippen LogP contribution in [0.4, 0.5) is 0 Å². The topological polar surface area (TPSA) is 89.0 Å². The second-order valence-corrected chi connectivity index (χ2v) is 6.14. The van der Waals surface area contributed by atoms with Crippen molar-refractivity contribution in [1.29, 1.82) is 0 Å². The van der Waals surface area contributed by atoms with E-state index in [2.05, 4.69) is 15.8 Å². The van der Waals surface area contributed by atoms with Gasteiger partial charge < -0.3 is 14.8 Å². The molecule has 140 valence electrons. The second-order valence-electron chi connectivity index (χ2n) is 6.14. The molecule has 3 aromatic carbocycles. The summed E-state index contributed by atoms with van der Waals surface area (Å²) in [5, 5.41) is 8.52. The van der Waals surface area contributed by atoms with Crippen molar-refractivity contribution in [2.45, 2.75) is 6.54 Å². The summed E-state index contributed by atoms with van der Waals surface area (Å²) in [4.78, 5) is 23.9. The van der Waals surface area contributed by atoms with Crippen LogP contribution in [-0.2, 0) is 16.1 Å². The lowest BCUT2D eigenvalue weighted by atomic mass is 10.1. The number of ether oxygens (including phenoxy) is 2. The Morgan fingerprint density at radius 2 is 1.79 bits per heavy atom. The number of hydrogen-bond acceptors (Lipinski definition) is 5. The Labute approximate surface area is 161 Å². The van der Waals surface area contributed by atoms with Crippen molar-refractivity contribution in [3.05, 3.63) is 71.8 Å². The van der Waals surface area contributed by atoms with Gasteiger partial charge in [0.15, 0.2) is 11.5 Å². The third kappa shape index (κ3) is 3.78. The summed E-state index contributed by atoms with van der Waals surface area (Å²) in [6, 6.07) is 19.0. The number of rotatable bonds is 4. The molecule has 28 heavy (non-hydrogen) atoms. The van der Waals surface area contributed by atoms with Crippen molar-refractivity contribution >= 4 is 28.8 Å². The van der Waals surface area contributed by atoms with Gasteiger partial charge in [-0.2, -0.15) is 5.10 Å². The van der Waals surface area contributed by atoms with Crippen molar-refractivity contribution in [2.24, 2.45) is 5.10 Å². The smallest absolute Gasteiger partial charge is 0.329 e. The fourth-order valence-electron chi connectivity index (χ4n) is 2.89. The molecule has 7 heteroatoms. The van der Waals surface area contributed by atoms with Gasteiger partial charge in [-0.3, -0.25) is 9.59 Å². The highest BCUT2D eigenvalue weighted by Crippen LogP contribution is 2.32. The lowest BCUT2D eigenvalue weighted by Crippen LogP contribution is -2.37. The summed E-state index contributed by atoms with van der Waals surface area (Å²) < 4.78 is 10.5. The Morgan fingerprint density at radius 1 is 0.964 bits per heavy atom. The molecule has 0 fully saturated rings. The van der Waals surface area contributed by atoms with E-state index in [0.717, 1.165) is 21.9 Å². The van der Waals surface area contributed by atoms with E-state index >= 15 is 0 Å².